The van der Waals surface area contributed by atoms with E-state index in [0.717, 1.165) is 0 Å². The highest BCUT2D eigenvalue weighted by Crippen LogP contribution is 2.34. The van der Waals surface area contributed by atoms with Gasteiger partial charge in [-0.2, -0.15) is 0 Å². The lowest BCUT2D eigenvalue weighted by molar-refractivity contribution is 0.594. The third-order valence-corrected chi connectivity index (χ3v) is 5.72. The van der Waals surface area contributed by atoms with Crippen LogP contribution in [0.3, 0.4) is 0 Å². The fraction of sp³-hybridized carbons (Fsp3) is 0.0526. The van der Waals surface area contributed by atoms with Gasteiger partial charge in [0.05, 0.1) is 10.6 Å². The van der Waals surface area contributed by atoms with E-state index in [0.29, 0.717) is 16.7 Å². The number of rotatable bonds is 4. The number of hydrogen-bond donors (Lipinski definition) is 2. The van der Waals surface area contributed by atoms with E-state index in [9.17, 15) is 17.2 Å². The number of hydrogen-bond acceptors (Lipinski definition) is 3. The summed E-state index contributed by atoms with van der Waals surface area (Å²) in [5.41, 5.74) is 1.07. The van der Waals surface area contributed by atoms with E-state index in [1.165, 1.54) is 30.3 Å². The van der Waals surface area contributed by atoms with Crippen LogP contribution in [-0.4, -0.2) is 8.42 Å². The van der Waals surface area contributed by atoms with Crippen LogP contribution in [0.25, 0.3) is 11.1 Å². The third kappa shape index (κ3) is 3.59. The van der Waals surface area contributed by atoms with Crippen LogP contribution >= 0.6 is 12.6 Å². The molecule has 0 radical (unpaired) electrons. The first kappa shape index (κ1) is 18.4. The summed E-state index contributed by atoms with van der Waals surface area (Å²) in [5.74, 6) is -1.24. The van der Waals surface area contributed by atoms with Crippen LogP contribution in [0.2, 0.25) is 0 Å². The van der Waals surface area contributed by atoms with Gasteiger partial charge in [0, 0.05) is 4.90 Å². The van der Waals surface area contributed by atoms with E-state index in [1.54, 1.807) is 37.3 Å². The fourth-order valence-corrected chi connectivity index (χ4v) is 3.84. The van der Waals surface area contributed by atoms with Gasteiger partial charge in [0.1, 0.15) is 5.82 Å². The number of aryl methyl sites for hydroxylation is 1. The molecule has 0 aliphatic carbocycles. The van der Waals surface area contributed by atoms with Crippen LogP contribution in [-0.2, 0) is 10.0 Å². The summed E-state index contributed by atoms with van der Waals surface area (Å²) in [6.07, 6.45) is 0. The Bertz CT molecular complexity index is 1070. The zero-order chi connectivity index (χ0) is 18.9. The maximum absolute atomic E-state index is 14.7. The van der Waals surface area contributed by atoms with Gasteiger partial charge in [-0.05, 0) is 47.9 Å². The molecule has 0 saturated carbocycles. The van der Waals surface area contributed by atoms with E-state index in [1.807, 2.05) is 0 Å². The first-order chi connectivity index (χ1) is 12.3. The van der Waals surface area contributed by atoms with Crippen molar-refractivity contribution in [3.8, 4) is 11.1 Å². The lowest BCUT2D eigenvalue weighted by atomic mass is 10.0. The van der Waals surface area contributed by atoms with Crippen LogP contribution in [0.4, 0.5) is 14.5 Å². The van der Waals surface area contributed by atoms with E-state index < -0.39 is 21.7 Å². The predicted octanol–water partition coefficient (Wildman–Crippen LogP) is 5.03. The smallest absolute Gasteiger partial charge is 0.261 e. The largest absolute Gasteiger partial charge is 0.277 e. The minimum absolute atomic E-state index is 0.0183. The second kappa shape index (κ2) is 7.09. The molecule has 1 N–H and O–H groups in total. The average molecular weight is 391 g/mol. The minimum atomic E-state index is -3.93. The highest BCUT2D eigenvalue weighted by molar-refractivity contribution is 7.92. The van der Waals surface area contributed by atoms with Crippen molar-refractivity contribution in [1.29, 1.82) is 0 Å². The Labute approximate surface area is 156 Å². The van der Waals surface area contributed by atoms with Crippen molar-refractivity contribution in [2.24, 2.45) is 0 Å². The van der Waals surface area contributed by atoms with Crippen LogP contribution in [0, 0.1) is 18.6 Å². The number of sulfonamides is 1. The van der Waals surface area contributed by atoms with E-state index >= 15 is 0 Å². The zero-order valence-electron chi connectivity index (χ0n) is 13.7. The van der Waals surface area contributed by atoms with Gasteiger partial charge in [0.2, 0.25) is 0 Å². The Morgan fingerprint density at radius 2 is 1.65 bits per heavy atom. The molecule has 3 aromatic rings. The molecule has 0 bridgehead atoms. The Morgan fingerprint density at radius 1 is 0.962 bits per heavy atom. The summed E-state index contributed by atoms with van der Waals surface area (Å²) < 4.78 is 55.4. The van der Waals surface area contributed by atoms with Crippen LogP contribution in [0.5, 0.6) is 0 Å². The second-order valence-electron chi connectivity index (χ2n) is 5.71. The maximum Gasteiger partial charge on any atom is 0.261 e. The Kier molecular flexibility index (Phi) is 5.02. The molecule has 7 heteroatoms. The number of benzene rings is 3. The van der Waals surface area contributed by atoms with Crippen molar-refractivity contribution < 1.29 is 17.2 Å². The van der Waals surface area contributed by atoms with Crippen molar-refractivity contribution in [2.75, 3.05) is 4.72 Å². The molecule has 0 unspecified atom stereocenters. The molecule has 0 saturated heterocycles. The van der Waals surface area contributed by atoms with Crippen molar-refractivity contribution in [3.63, 3.8) is 0 Å². The van der Waals surface area contributed by atoms with Crippen LogP contribution in [0.1, 0.15) is 5.56 Å². The zero-order valence-corrected chi connectivity index (χ0v) is 15.4. The van der Waals surface area contributed by atoms with Gasteiger partial charge < -0.3 is 0 Å². The summed E-state index contributed by atoms with van der Waals surface area (Å²) in [7, 11) is -3.93. The lowest BCUT2D eigenvalue weighted by Gasteiger charge is -2.13. The molecular formula is C19H15F2NO2S2. The van der Waals surface area contributed by atoms with Crippen molar-refractivity contribution >= 4 is 28.3 Å². The Balaban J connectivity index is 1.99. The Morgan fingerprint density at radius 3 is 2.31 bits per heavy atom. The average Bonchev–Trinajstić information content (AvgIpc) is 2.62. The summed E-state index contributed by atoms with van der Waals surface area (Å²) >= 11 is 4.16. The van der Waals surface area contributed by atoms with Gasteiger partial charge in [-0.3, -0.25) is 4.72 Å². The number of nitrogens with one attached hydrogen (secondary N) is 1. The summed E-state index contributed by atoms with van der Waals surface area (Å²) in [4.78, 5) is -0.0497. The lowest BCUT2D eigenvalue weighted by Crippen LogP contribution is -2.14. The molecule has 3 rings (SSSR count). The monoisotopic (exact) mass is 391 g/mol. The van der Waals surface area contributed by atoms with Gasteiger partial charge in [0.15, 0.2) is 5.82 Å². The SMILES string of the molecule is Cc1ccc(-c2ccc(NS(=O)(=O)c3ccccc3)c(F)c2S)cc1F. The first-order valence-electron chi connectivity index (χ1n) is 7.65. The summed E-state index contributed by atoms with van der Waals surface area (Å²) in [5, 5.41) is 0. The van der Waals surface area contributed by atoms with Crippen LogP contribution < -0.4 is 4.72 Å². The highest BCUT2D eigenvalue weighted by Gasteiger charge is 2.19. The van der Waals surface area contributed by atoms with Crippen molar-refractivity contribution in [2.45, 2.75) is 16.7 Å². The molecule has 0 heterocycles. The second-order valence-corrected chi connectivity index (χ2v) is 7.84. The van der Waals surface area contributed by atoms with Gasteiger partial charge in [-0.1, -0.05) is 36.4 Å². The molecule has 3 nitrogen and oxygen atoms in total. The molecular weight excluding hydrogens is 376 g/mol. The van der Waals surface area contributed by atoms with Gasteiger partial charge in [-0.25, -0.2) is 17.2 Å². The molecule has 0 spiro atoms. The minimum Gasteiger partial charge on any atom is -0.277 e. The maximum atomic E-state index is 14.7. The van der Waals surface area contributed by atoms with E-state index in [2.05, 4.69) is 17.4 Å². The fourth-order valence-electron chi connectivity index (χ4n) is 2.44. The molecule has 0 aromatic heterocycles. The van der Waals surface area contributed by atoms with Gasteiger partial charge in [-0.15, -0.1) is 12.6 Å². The molecule has 0 aliphatic rings. The Hall–Kier alpha value is -2.38. The van der Waals surface area contributed by atoms with Crippen LogP contribution in [0.15, 0.2) is 70.5 Å². The van der Waals surface area contributed by atoms with Gasteiger partial charge in [0.25, 0.3) is 10.0 Å². The first-order valence-corrected chi connectivity index (χ1v) is 9.58. The van der Waals surface area contributed by atoms with Gasteiger partial charge >= 0.3 is 0 Å². The molecule has 0 amide bonds. The van der Waals surface area contributed by atoms with E-state index in [-0.39, 0.29) is 15.5 Å². The standard InChI is InChI=1S/C19H15F2NO2S2/c1-12-7-8-13(11-16(12)20)15-9-10-17(18(21)19(15)25)22-26(23,24)14-5-3-2-4-6-14/h2-11,22,25H,1H3. The molecule has 0 aliphatic heterocycles. The summed E-state index contributed by atoms with van der Waals surface area (Å²) in [6, 6.07) is 15.0. The van der Waals surface area contributed by atoms with Crippen molar-refractivity contribution in [1.82, 2.24) is 0 Å². The molecule has 0 fully saturated rings. The number of thiol groups is 1. The quantitative estimate of drug-likeness (QED) is 0.613. The normalized spacial score (nSPS) is 11.4. The molecule has 134 valence electrons. The molecule has 0 atom stereocenters. The van der Waals surface area contributed by atoms with Crippen molar-refractivity contribution in [3.05, 3.63) is 77.9 Å². The number of anilines is 1. The predicted molar refractivity (Wildman–Crippen MR) is 101 cm³/mol. The number of halogens is 2. The molecule has 26 heavy (non-hydrogen) atoms. The van der Waals surface area contributed by atoms with E-state index in [4.69, 9.17) is 0 Å². The highest BCUT2D eigenvalue weighted by atomic mass is 32.2. The summed E-state index contributed by atoms with van der Waals surface area (Å²) in [6.45, 7) is 1.63. The molecule has 3 aromatic carbocycles. The third-order valence-electron chi connectivity index (χ3n) is 3.90. The topological polar surface area (TPSA) is 46.2 Å².